The number of nitrogens with one attached hydrogen (secondary N) is 2. The Kier molecular flexibility index (Phi) is 10.8. The van der Waals surface area contributed by atoms with Gasteiger partial charge in [-0.3, -0.25) is 0 Å². The first-order valence-electron chi connectivity index (χ1n) is 9.47. The third-order valence-electron chi connectivity index (χ3n) is 3.01. The average Bonchev–Trinajstić information content (AvgIpc) is 2.47. The Morgan fingerprint density at radius 1 is 0.889 bits per heavy atom. The molecule has 0 aromatic rings. The molecule has 1 atom stereocenters. The van der Waals surface area contributed by atoms with Crippen LogP contribution in [0.2, 0.25) is 0 Å². The van der Waals surface area contributed by atoms with Crippen molar-refractivity contribution in [3.05, 3.63) is 0 Å². The van der Waals surface area contributed by atoms with E-state index in [0.29, 0.717) is 32.4 Å². The number of carbonyl (C=O) groups excluding carboxylic acids is 3. The van der Waals surface area contributed by atoms with Gasteiger partial charge in [0.25, 0.3) is 0 Å². The van der Waals surface area contributed by atoms with Gasteiger partial charge in [-0.05, 0) is 67.2 Å². The molecule has 27 heavy (non-hydrogen) atoms. The molecular formula is C19H36N2O6. The second-order valence-electron chi connectivity index (χ2n) is 8.29. The topological polar surface area (TPSA) is 103 Å². The van der Waals surface area contributed by atoms with Crippen LogP contribution in [0.15, 0.2) is 0 Å². The number of amides is 2. The van der Waals surface area contributed by atoms with E-state index in [0.717, 1.165) is 6.42 Å². The highest BCUT2D eigenvalue weighted by atomic mass is 16.6. The summed E-state index contributed by atoms with van der Waals surface area (Å²) in [5.74, 6) is -0.510. The van der Waals surface area contributed by atoms with E-state index >= 15 is 0 Å². The number of alkyl carbamates (subject to hydrolysis) is 2. The lowest BCUT2D eigenvalue weighted by molar-refractivity contribution is -0.157. The monoisotopic (exact) mass is 388 g/mol. The maximum atomic E-state index is 12.4. The molecule has 0 fully saturated rings. The van der Waals surface area contributed by atoms with Crippen molar-refractivity contribution in [3.8, 4) is 0 Å². The highest BCUT2D eigenvalue weighted by Gasteiger charge is 2.28. The number of carbonyl (C=O) groups is 3. The van der Waals surface area contributed by atoms with Crippen LogP contribution in [0.5, 0.6) is 0 Å². The smallest absolute Gasteiger partial charge is 0.408 e. The average molecular weight is 389 g/mol. The third kappa shape index (κ3) is 14.8. The Hall–Kier alpha value is -1.99. The van der Waals surface area contributed by atoms with E-state index in [1.54, 1.807) is 41.5 Å². The third-order valence-corrected chi connectivity index (χ3v) is 3.01. The van der Waals surface area contributed by atoms with Gasteiger partial charge in [0.05, 0.1) is 6.61 Å². The van der Waals surface area contributed by atoms with E-state index < -0.39 is 35.4 Å². The fourth-order valence-corrected chi connectivity index (χ4v) is 1.98. The molecule has 0 saturated heterocycles. The summed E-state index contributed by atoms with van der Waals surface area (Å²) in [6.07, 6.45) is 1.26. The number of hydrogen-bond acceptors (Lipinski definition) is 6. The van der Waals surface area contributed by atoms with Crippen molar-refractivity contribution in [1.29, 1.82) is 0 Å². The zero-order valence-electron chi connectivity index (χ0n) is 17.8. The summed E-state index contributed by atoms with van der Waals surface area (Å²) in [6.45, 7) is 13.3. The number of ether oxygens (including phenoxy) is 3. The van der Waals surface area contributed by atoms with Crippen LogP contribution in [0.25, 0.3) is 0 Å². The molecule has 0 aromatic carbocycles. The number of esters is 1. The lowest BCUT2D eigenvalue weighted by Gasteiger charge is -2.26. The summed E-state index contributed by atoms with van der Waals surface area (Å²) in [4.78, 5) is 35.7. The zero-order chi connectivity index (χ0) is 21.1. The van der Waals surface area contributed by atoms with Gasteiger partial charge in [-0.2, -0.15) is 0 Å². The molecule has 8 nitrogen and oxygen atoms in total. The van der Waals surface area contributed by atoms with Gasteiger partial charge in [0.1, 0.15) is 17.2 Å². The van der Waals surface area contributed by atoms with Crippen LogP contribution in [0.3, 0.4) is 0 Å². The summed E-state index contributed by atoms with van der Waals surface area (Å²) >= 11 is 0. The molecule has 0 aliphatic carbocycles. The van der Waals surface area contributed by atoms with E-state index in [-0.39, 0.29) is 0 Å². The first-order valence-corrected chi connectivity index (χ1v) is 9.47. The number of hydrogen-bond donors (Lipinski definition) is 2. The first-order chi connectivity index (χ1) is 12.3. The molecule has 0 radical (unpaired) electrons. The molecule has 0 saturated carbocycles. The van der Waals surface area contributed by atoms with Crippen molar-refractivity contribution in [2.24, 2.45) is 0 Å². The van der Waals surface area contributed by atoms with Crippen LogP contribution in [-0.2, 0) is 19.0 Å². The lowest BCUT2D eigenvalue weighted by atomic mass is 10.1. The van der Waals surface area contributed by atoms with E-state index in [1.165, 1.54) is 0 Å². The van der Waals surface area contributed by atoms with Crippen molar-refractivity contribution >= 4 is 18.2 Å². The Labute approximate surface area is 162 Å². The van der Waals surface area contributed by atoms with E-state index in [4.69, 9.17) is 14.2 Å². The zero-order valence-corrected chi connectivity index (χ0v) is 17.8. The van der Waals surface area contributed by atoms with Crippen molar-refractivity contribution in [2.75, 3.05) is 13.2 Å². The van der Waals surface area contributed by atoms with E-state index in [9.17, 15) is 14.4 Å². The minimum Gasteiger partial charge on any atom is -0.458 e. The molecule has 2 amide bonds. The molecule has 0 aliphatic heterocycles. The van der Waals surface area contributed by atoms with Gasteiger partial charge in [0.2, 0.25) is 0 Å². The van der Waals surface area contributed by atoms with Crippen molar-refractivity contribution in [2.45, 2.75) is 91.4 Å². The van der Waals surface area contributed by atoms with E-state index in [1.807, 2.05) is 6.92 Å². The van der Waals surface area contributed by atoms with Crippen LogP contribution in [-0.4, -0.2) is 48.6 Å². The Bertz CT molecular complexity index is 480. The van der Waals surface area contributed by atoms with Crippen LogP contribution in [0.1, 0.15) is 74.1 Å². The summed E-state index contributed by atoms with van der Waals surface area (Å²) in [6, 6.07) is -0.814. The lowest BCUT2D eigenvalue weighted by Crippen LogP contribution is -2.46. The van der Waals surface area contributed by atoms with Gasteiger partial charge >= 0.3 is 18.2 Å². The molecular weight excluding hydrogens is 352 g/mol. The van der Waals surface area contributed by atoms with Gasteiger partial charge in [0.15, 0.2) is 0 Å². The highest BCUT2D eigenvalue weighted by molar-refractivity contribution is 5.81. The molecule has 2 N–H and O–H groups in total. The van der Waals surface area contributed by atoms with Crippen molar-refractivity contribution in [1.82, 2.24) is 10.6 Å². The van der Waals surface area contributed by atoms with Gasteiger partial charge in [-0.25, -0.2) is 14.4 Å². The Balaban J connectivity index is 4.52. The summed E-state index contributed by atoms with van der Waals surface area (Å²) < 4.78 is 15.5. The Morgan fingerprint density at radius 2 is 1.48 bits per heavy atom. The molecule has 0 aromatic heterocycles. The fraction of sp³-hybridized carbons (Fsp3) is 0.842. The molecule has 0 aliphatic rings. The number of unbranched alkanes of at least 4 members (excludes halogenated alkanes) is 1. The highest BCUT2D eigenvalue weighted by Crippen LogP contribution is 2.13. The molecule has 0 spiro atoms. The Morgan fingerprint density at radius 3 is 2.00 bits per heavy atom. The first kappa shape index (κ1) is 25.0. The van der Waals surface area contributed by atoms with Gasteiger partial charge in [0, 0.05) is 6.54 Å². The maximum Gasteiger partial charge on any atom is 0.408 e. The second-order valence-corrected chi connectivity index (χ2v) is 8.29. The van der Waals surface area contributed by atoms with Gasteiger partial charge < -0.3 is 24.8 Å². The van der Waals surface area contributed by atoms with Crippen molar-refractivity contribution in [3.63, 3.8) is 0 Å². The summed E-state index contributed by atoms with van der Waals surface area (Å²) in [7, 11) is 0. The van der Waals surface area contributed by atoms with Crippen molar-refractivity contribution < 1.29 is 28.6 Å². The van der Waals surface area contributed by atoms with Crippen LogP contribution >= 0.6 is 0 Å². The minimum atomic E-state index is -0.814. The largest absolute Gasteiger partial charge is 0.458 e. The fourth-order valence-electron chi connectivity index (χ4n) is 1.98. The maximum absolute atomic E-state index is 12.4. The minimum absolute atomic E-state index is 0.375. The molecule has 0 rings (SSSR count). The normalized spacial score (nSPS) is 12.7. The standard InChI is InChI=1S/C19H36N2O6/c1-8-13-25-16(23)20-12-10-9-11-14(15(22)26-18(2,3)4)21-17(24)27-19(5,6)7/h14H,8-13H2,1-7H3,(H,20,23)(H,21,24)/t14-/m0/s1. The predicted molar refractivity (Wildman–Crippen MR) is 102 cm³/mol. The molecule has 0 unspecified atom stereocenters. The van der Waals surface area contributed by atoms with Crippen LogP contribution in [0.4, 0.5) is 9.59 Å². The second kappa shape index (κ2) is 11.7. The predicted octanol–water partition coefficient (Wildman–Crippen LogP) is 3.53. The number of rotatable bonds is 9. The summed E-state index contributed by atoms with van der Waals surface area (Å²) in [5.41, 5.74) is -1.32. The SMILES string of the molecule is CCCOC(=O)NCCCC[C@H](NC(=O)OC(C)(C)C)C(=O)OC(C)(C)C. The van der Waals surface area contributed by atoms with Gasteiger partial charge in [-0.1, -0.05) is 6.92 Å². The summed E-state index contributed by atoms with van der Waals surface area (Å²) in [5, 5.41) is 5.22. The quantitative estimate of drug-likeness (QED) is 0.356. The van der Waals surface area contributed by atoms with Gasteiger partial charge in [-0.15, -0.1) is 0 Å². The molecule has 8 heteroatoms. The molecule has 0 heterocycles. The molecule has 0 bridgehead atoms. The van der Waals surface area contributed by atoms with Crippen LogP contribution < -0.4 is 10.6 Å². The van der Waals surface area contributed by atoms with E-state index in [2.05, 4.69) is 10.6 Å². The molecule has 158 valence electrons. The van der Waals surface area contributed by atoms with Crippen LogP contribution in [0, 0.1) is 0 Å².